The van der Waals surface area contributed by atoms with Gasteiger partial charge in [-0.05, 0) is 0 Å². The number of hydrogen-bond acceptors (Lipinski definition) is 1. The van der Waals surface area contributed by atoms with Crippen molar-refractivity contribution in [1.29, 1.82) is 0 Å². The first-order valence-electron chi connectivity index (χ1n) is 8.65. The third kappa shape index (κ3) is 6.60. The molecule has 1 heterocycles. The molecule has 0 radical (unpaired) electrons. The predicted octanol–water partition coefficient (Wildman–Crippen LogP) is 6.01. The van der Waals surface area contributed by atoms with E-state index in [1.54, 1.807) is 13.3 Å². The fourth-order valence-electron chi connectivity index (χ4n) is 3.23. The van der Waals surface area contributed by atoms with Gasteiger partial charge in [0.05, 0.1) is 0 Å². The van der Waals surface area contributed by atoms with E-state index in [0.29, 0.717) is 0 Å². The molecule has 1 aromatic heterocycles. The van der Waals surface area contributed by atoms with E-state index in [1.807, 2.05) is 6.20 Å². The Morgan fingerprint density at radius 3 is 1.85 bits per heavy atom. The van der Waals surface area contributed by atoms with E-state index in [0.717, 1.165) is 0 Å². The zero-order chi connectivity index (χ0) is 14.7. The van der Waals surface area contributed by atoms with Crippen molar-refractivity contribution in [3.8, 4) is 0 Å². The van der Waals surface area contributed by atoms with Gasteiger partial charge in [-0.15, -0.1) is 0 Å². The summed E-state index contributed by atoms with van der Waals surface area (Å²) >= 11 is -1.99. The second-order valence-electron chi connectivity index (χ2n) is 6.35. The molecule has 1 rings (SSSR count). The van der Waals surface area contributed by atoms with Crippen LogP contribution in [0.15, 0.2) is 24.5 Å². The van der Waals surface area contributed by atoms with Crippen LogP contribution >= 0.6 is 0 Å². The SMILES string of the molecule is CCC[CH2][Sn]([CH2]CCC)([CH2]CCC)[CH2]c1cccnc1. The Morgan fingerprint density at radius 1 is 0.900 bits per heavy atom. The van der Waals surface area contributed by atoms with Crippen molar-refractivity contribution in [3.63, 3.8) is 0 Å². The van der Waals surface area contributed by atoms with Gasteiger partial charge >= 0.3 is 130 Å². The number of rotatable bonds is 11. The van der Waals surface area contributed by atoms with Gasteiger partial charge in [-0.2, -0.15) is 0 Å². The van der Waals surface area contributed by atoms with Crippen molar-refractivity contribution in [3.05, 3.63) is 30.1 Å². The Morgan fingerprint density at radius 2 is 1.45 bits per heavy atom. The predicted molar refractivity (Wildman–Crippen MR) is 92.8 cm³/mol. The average Bonchev–Trinajstić information content (AvgIpc) is 2.49. The third-order valence-electron chi connectivity index (χ3n) is 4.48. The molecule has 0 aliphatic carbocycles. The fourth-order valence-corrected chi connectivity index (χ4v) is 19.4. The van der Waals surface area contributed by atoms with Crippen LogP contribution in [0, 0.1) is 0 Å². The molecule has 0 saturated carbocycles. The Balaban J connectivity index is 2.81. The molecule has 0 amide bonds. The second-order valence-corrected chi connectivity index (χ2v) is 20.2. The van der Waals surface area contributed by atoms with Gasteiger partial charge in [-0.25, -0.2) is 0 Å². The summed E-state index contributed by atoms with van der Waals surface area (Å²) in [6, 6.07) is 4.42. The summed E-state index contributed by atoms with van der Waals surface area (Å²) < 4.78 is 6.22. The molecule has 1 nitrogen and oxygen atoms in total. The zero-order valence-electron chi connectivity index (χ0n) is 13.8. The second kappa shape index (κ2) is 10.6. The Bertz CT molecular complexity index is 315. The molecule has 0 unspecified atom stereocenters. The number of pyridine rings is 1. The molecule has 0 bridgehead atoms. The van der Waals surface area contributed by atoms with Gasteiger partial charge in [-0.1, -0.05) is 0 Å². The van der Waals surface area contributed by atoms with Crippen LogP contribution in [0.2, 0.25) is 13.3 Å². The quantitative estimate of drug-likeness (QED) is 0.427. The number of hydrogen-bond donors (Lipinski definition) is 0. The summed E-state index contributed by atoms with van der Waals surface area (Å²) in [4.78, 5) is 4.34. The molecule has 2 heteroatoms. The van der Waals surface area contributed by atoms with Crippen molar-refractivity contribution in [2.24, 2.45) is 0 Å². The minimum atomic E-state index is -1.99. The maximum atomic E-state index is 4.34. The van der Waals surface area contributed by atoms with Gasteiger partial charge in [-0.3, -0.25) is 0 Å². The minimum absolute atomic E-state index is 1.37. The van der Waals surface area contributed by atoms with Crippen LogP contribution in [0.25, 0.3) is 0 Å². The molecule has 20 heavy (non-hydrogen) atoms. The third-order valence-corrected chi connectivity index (χ3v) is 19.9. The average molecular weight is 382 g/mol. The molecule has 0 fully saturated rings. The van der Waals surface area contributed by atoms with E-state index in [4.69, 9.17) is 0 Å². The first kappa shape index (κ1) is 18.0. The molecule has 0 aliphatic heterocycles. The van der Waals surface area contributed by atoms with Crippen molar-refractivity contribution < 1.29 is 0 Å². The first-order valence-corrected chi connectivity index (χ1v) is 16.7. The molecule has 0 aromatic carbocycles. The molecule has 0 saturated heterocycles. The molecule has 0 N–H and O–H groups in total. The first-order chi connectivity index (χ1) is 9.76. The van der Waals surface area contributed by atoms with Crippen molar-refractivity contribution in [2.45, 2.75) is 77.0 Å². The van der Waals surface area contributed by atoms with E-state index in [2.05, 4.69) is 44.1 Å². The van der Waals surface area contributed by atoms with Crippen molar-refractivity contribution >= 4 is 18.4 Å². The van der Waals surface area contributed by atoms with E-state index in [-0.39, 0.29) is 0 Å². The Hall–Kier alpha value is -0.0513. The molecule has 0 atom stereocenters. The molecule has 0 aliphatic rings. The van der Waals surface area contributed by atoms with Gasteiger partial charge in [0.2, 0.25) is 0 Å². The van der Waals surface area contributed by atoms with Gasteiger partial charge in [0.1, 0.15) is 0 Å². The Kier molecular flexibility index (Phi) is 9.58. The molecular weight excluding hydrogens is 349 g/mol. The van der Waals surface area contributed by atoms with Gasteiger partial charge in [0.15, 0.2) is 0 Å². The van der Waals surface area contributed by atoms with Gasteiger partial charge in [0.25, 0.3) is 0 Å². The molecular formula is C18H33NSn. The number of unbranched alkanes of at least 4 members (excludes halogenated alkanes) is 3. The zero-order valence-corrected chi connectivity index (χ0v) is 16.7. The summed E-state index contributed by atoms with van der Waals surface area (Å²) in [5.74, 6) is 0. The Labute approximate surface area is 130 Å². The number of aromatic nitrogens is 1. The van der Waals surface area contributed by atoms with Crippen LogP contribution in [0.1, 0.15) is 64.9 Å². The van der Waals surface area contributed by atoms with E-state index >= 15 is 0 Å². The molecule has 1 aromatic rings. The van der Waals surface area contributed by atoms with Crippen LogP contribution < -0.4 is 0 Å². The van der Waals surface area contributed by atoms with Crippen LogP contribution in [-0.4, -0.2) is 23.4 Å². The van der Waals surface area contributed by atoms with Crippen LogP contribution in [-0.2, 0) is 4.44 Å². The molecule has 114 valence electrons. The fraction of sp³-hybridized carbons (Fsp3) is 0.722. The van der Waals surface area contributed by atoms with Crippen molar-refractivity contribution in [2.75, 3.05) is 0 Å². The normalized spacial score (nSPS) is 11.8. The summed E-state index contributed by atoms with van der Waals surface area (Å²) in [7, 11) is 0. The van der Waals surface area contributed by atoms with Gasteiger partial charge in [0, 0.05) is 0 Å². The van der Waals surface area contributed by atoms with Gasteiger partial charge < -0.3 is 0 Å². The van der Waals surface area contributed by atoms with E-state index in [9.17, 15) is 0 Å². The van der Waals surface area contributed by atoms with E-state index < -0.39 is 18.4 Å². The van der Waals surface area contributed by atoms with Crippen LogP contribution in [0.5, 0.6) is 0 Å². The monoisotopic (exact) mass is 383 g/mol. The summed E-state index contributed by atoms with van der Waals surface area (Å²) in [6.45, 7) is 7.04. The molecule has 0 spiro atoms. The number of nitrogens with zero attached hydrogens (tertiary/aromatic N) is 1. The van der Waals surface area contributed by atoms with E-state index in [1.165, 1.54) is 48.5 Å². The maximum absolute atomic E-state index is 4.34. The summed E-state index contributed by atoms with van der Waals surface area (Å²) in [6.07, 6.45) is 12.5. The van der Waals surface area contributed by atoms with Crippen LogP contribution in [0.4, 0.5) is 0 Å². The standard InChI is InChI=1S/C6H6N.3C4H9.Sn/c1-6-3-2-4-7-5-6;3*1-3-4-2;/h2-5H,1H2;3*1,3-4H2,2H3;. The summed E-state index contributed by atoms with van der Waals surface area (Å²) in [5.41, 5.74) is 1.52. The topological polar surface area (TPSA) is 12.9 Å². The van der Waals surface area contributed by atoms with Crippen molar-refractivity contribution in [1.82, 2.24) is 4.98 Å². The summed E-state index contributed by atoms with van der Waals surface area (Å²) in [5, 5.41) is 0. The van der Waals surface area contributed by atoms with Crippen LogP contribution in [0.3, 0.4) is 0 Å².